The molecule has 0 spiro atoms. The molecule has 1 rings (SSSR count). The summed E-state index contributed by atoms with van der Waals surface area (Å²) in [7, 11) is 1.66. The van der Waals surface area contributed by atoms with Crippen molar-refractivity contribution in [1.82, 2.24) is 5.32 Å². The van der Waals surface area contributed by atoms with Crippen LogP contribution in [0.25, 0.3) is 0 Å². The van der Waals surface area contributed by atoms with E-state index in [1.165, 1.54) is 0 Å². The van der Waals surface area contributed by atoms with Gasteiger partial charge >= 0.3 is 0 Å². The second kappa shape index (κ2) is 6.89. The van der Waals surface area contributed by atoms with E-state index in [9.17, 15) is 0 Å². The van der Waals surface area contributed by atoms with Gasteiger partial charge in [0.2, 0.25) is 0 Å². The molecule has 3 nitrogen and oxygen atoms in total. The van der Waals surface area contributed by atoms with Gasteiger partial charge in [0.15, 0.2) is 0 Å². The fourth-order valence-electron chi connectivity index (χ4n) is 1.41. The van der Waals surface area contributed by atoms with Crippen LogP contribution in [0.15, 0.2) is 22.7 Å². The summed E-state index contributed by atoms with van der Waals surface area (Å²) < 4.78 is 6.22. The molecule has 0 amide bonds. The quantitative estimate of drug-likeness (QED) is 0.844. The average Bonchev–Trinajstić information content (AvgIpc) is 2.32. The Balaban J connectivity index is 2.65. The molecule has 1 aromatic carbocycles. The molecule has 16 heavy (non-hydrogen) atoms. The van der Waals surface area contributed by atoms with Gasteiger partial charge in [-0.1, -0.05) is 22.9 Å². The van der Waals surface area contributed by atoms with E-state index in [1.54, 1.807) is 7.11 Å². The lowest BCUT2D eigenvalue weighted by Crippen LogP contribution is -2.31. The zero-order chi connectivity index (χ0) is 12.0. The number of hydrogen-bond donors (Lipinski definition) is 2. The highest BCUT2D eigenvalue weighted by molar-refractivity contribution is 9.10. The number of nitrogens with one attached hydrogen (secondary N) is 1. The van der Waals surface area contributed by atoms with Crippen LogP contribution in [-0.2, 0) is 6.54 Å². The molecule has 0 heterocycles. The summed E-state index contributed by atoms with van der Waals surface area (Å²) in [6.07, 6.45) is 0.915. The minimum atomic E-state index is 0.151. The van der Waals surface area contributed by atoms with E-state index in [0.717, 1.165) is 28.8 Å². The highest BCUT2D eigenvalue weighted by Gasteiger charge is 2.06. The van der Waals surface area contributed by atoms with E-state index >= 15 is 0 Å². The molecule has 0 aliphatic rings. The summed E-state index contributed by atoms with van der Waals surface area (Å²) in [5, 5.41) is 12.4. The van der Waals surface area contributed by atoms with Crippen LogP contribution in [0.5, 0.6) is 5.75 Å². The third-order valence-corrected chi connectivity index (χ3v) is 3.32. The number of rotatable bonds is 6. The van der Waals surface area contributed by atoms with Crippen LogP contribution < -0.4 is 10.1 Å². The first kappa shape index (κ1) is 13.5. The van der Waals surface area contributed by atoms with E-state index in [2.05, 4.69) is 28.2 Å². The van der Waals surface area contributed by atoms with Gasteiger partial charge in [-0.05, 0) is 30.2 Å². The lowest BCUT2D eigenvalue weighted by molar-refractivity contribution is 0.238. The summed E-state index contributed by atoms with van der Waals surface area (Å²) in [5.41, 5.74) is 1.13. The zero-order valence-electron chi connectivity index (χ0n) is 9.66. The van der Waals surface area contributed by atoms with Gasteiger partial charge in [-0.3, -0.25) is 0 Å². The topological polar surface area (TPSA) is 41.5 Å². The lowest BCUT2D eigenvalue weighted by atomic mass is 10.2. The Kier molecular flexibility index (Phi) is 5.80. The van der Waals surface area contributed by atoms with Crippen molar-refractivity contribution in [2.45, 2.75) is 25.9 Å². The lowest BCUT2D eigenvalue weighted by Gasteiger charge is -2.15. The van der Waals surface area contributed by atoms with Crippen molar-refractivity contribution in [1.29, 1.82) is 0 Å². The van der Waals surface area contributed by atoms with Crippen molar-refractivity contribution < 1.29 is 9.84 Å². The van der Waals surface area contributed by atoms with Crippen LogP contribution in [0.4, 0.5) is 0 Å². The summed E-state index contributed by atoms with van der Waals surface area (Å²) in [6, 6.07) is 6.02. The van der Waals surface area contributed by atoms with E-state index in [4.69, 9.17) is 9.84 Å². The van der Waals surface area contributed by atoms with Crippen LogP contribution in [0.2, 0.25) is 0 Å². The maximum absolute atomic E-state index is 9.08. The molecule has 0 radical (unpaired) electrons. The highest BCUT2D eigenvalue weighted by atomic mass is 79.9. The molecule has 0 aromatic heterocycles. The molecule has 4 heteroatoms. The van der Waals surface area contributed by atoms with Gasteiger partial charge in [-0.2, -0.15) is 0 Å². The predicted molar refractivity (Wildman–Crippen MR) is 68.7 cm³/mol. The molecule has 1 aromatic rings. The number of aliphatic hydroxyl groups excluding tert-OH is 1. The molecule has 0 fully saturated rings. The van der Waals surface area contributed by atoms with Crippen LogP contribution in [-0.4, -0.2) is 24.9 Å². The first-order valence-corrected chi connectivity index (χ1v) is 6.17. The monoisotopic (exact) mass is 287 g/mol. The van der Waals surface area contributed by atoms with Gasteiger partial charge < -0.3 is 15.2 Å². The van der Waals surface area contributed by atoms with E-state index in [1.807, 2.05) is 18.2 Å². The average molecular weight is 288 g/mol. The summed E-state index contributed by atoms with van der Waals surface area (Å²) in [6.45, 7) is 2.93. The van der Waals surface area contributed by atoms with Crippen LogP contribution in [0, 0.1) is 0 Å². The molecule has 0 saturated carbocycles. The summed E-state index contributed by atoms with van der Waals surface area (Å²) in [5.74, 6) is 0.844. The Morgan fingerprint density at radius 3 is 2.81 bits per heavy atom. The zero-order valence-corrected chi connectivity index (χ0v) is 11.3. The van der Waals surface area contributed by atoms with Gasteiger partial charge in [0.25, 0.3) is 0 Å². The Hall–Kier alpha value is -0.580. The van der Waals surface area contributed by atoms with E-state index < -0.39 is 0 Å². The fourth-order valence-corrected chi connectivity index (χ4v) is 1.79. The number of aliphatic hydroxyl groups is 1. The second-order valence-electron chi connectivity index (χ2n) is 3.63. The van der Waals surface area contributed by atoms with E-state index in [-0.39, 0.29) is 12.6 Å². The number of hydrogen-bond acceptors (Lipinski definition) is 3. The minimum Gasteiger partial charge on any atom is -0.497 e. The van der Waals surface area contributed by atoms with E-state index in [0.29, 0.717) is 0 Å². The minimum absolute atomic E-state index is 0.151. The molecular formula is C12H18BrNO2. The van der Waals surface area contributed by atoms with Crippen molar-refractivity contribution in [3.05, 3.63) is 28.2 Å². The molecular weight excluding hydrogens is 270 g/mol. The van der Waals surface area contributed by atoms with Gasteiger partial charge in [-0.25, -0.2) is 0 Å². The smallest absolute Gasteiger partial charge is 0.119 e. The summed E-state index contributed by atoms with van der Waals surface area (Å²) in [4.78, 5) is 0. The molecule has 1 unspecified atom stereocenters. The van der Waals surface area contributed by atoms with Crippen molar-refractivity contribution >= 4 is 15.9 Å². The number of halogens is 1. The molecule has 90 valence electrons. The molecule has 0 aliphatic heterocycles. The van der Waals surface area contributed by atoms with Gasteiger partial charge in [0, 0.05) is 17.1 Å². The maximum Gasteiger partial charge on any atom is 0.119 e. The van der Waals surface area contributed by atoms with Crippen molar-refractivity contribution in [2.75, 3.05) is 13.7 Å². The van der Waals surface area contributed by atoms with Crippen LogP contribution >= 0.6 is 15.9 Å². The van der Waals surface area contributed by atoms with Crippen LogP contribution in [0.1, 0.15) is 18.9 Å². The Morgan fingerprint density at radius 1 is 1.50 bits per heavy atom. The van der Waals surface area contributed by atoms with Gasteiger partial charge in [0.1, 0.15) is 5.75 Å². The Labute approximate surface area is 105 Å². The first-order chi connectivity index (χ1) is 7.71. The Morgan fingerprint density at radius 2 is 2.25 bits per heavy atom. The van der Waals surface area contributed by atoms with Crippen molar-refractivity contribution in [2.24, 2.45) is 0 Å². The molecule has 0 bridgehead atoms. The highest BCUT2D eigenvalue weighted by Crippen LogP contribution is 2.22. The van der Waals surface area contributed by atoms with Crippen molar-refractivity contribution in [3.8, 4) is 5.75 Å². The van der Waals surface area contributed by atoms with Crippen LogP contribution in [0.3, 0.4) is 0 Å². The predicted octanol–water partition coefficient (Wildman–Crippen LogP) is 2.32. The molecule has 1 atom stereocenters. The number of benzene rings is 1. The number of methoxy groups -OCH3 is 1. The third kappa shape index (κ3) is 3.77. The largest absolute Gasteiger partial charge is 0.497 e. The molecule has 0 aliphatic carbocycles. The standard InChI is InChI=1S/C12H18BrNO2/c1-3-10(8-15)14-7-9-6-11(16-2)4-5-12(9)13/h4-6,10,14-15H,3,7-8H2,1-2H3. The fraction of sp³-hybridized carbons (Fsp3) is 0.500. The van der Waals surface area contributed by atoms with Gasteiger partial charge in [0.05, 0.1) is 13.7 Å². The second-order valence-corrected chi connectivity index (χ2v) is 4.48. The van der Waals surface area contributed by atoms with Gasteiger partial charge in [-0.15, -0.1) is 0 Å². The summed E-state index contributed by atoms with van der Waals surface area (Å²) >= 11 is 3.50. The third-order valence-electron chi connectivity index (χ3n) is 2.55. The first-order valence-electron chi connectivity index (χ1n) is 5.38. The Bertz CT molecular complexity index is 327. The number of ether oxygens (including phenoxy) is 1. The normalized spacial score (nSPS) is 12.5. The van der Waals surface area contributed by atoms with Crippen molar-refractivity contribution in [3.63, 3.8) is 0 Å². The molecule has 2 N–H and O–H groups in total. The molecule has 0 saturated heterocycles. The SMILES string of the molecule is CCC(CO)NCc1cc(OC)ccc1Br. The maximum atomic E-state index is 9.08.